The third-order valence-corrected chi connectivity index (χ3v) is 3.91. The van der Waals surface area contributed by atoms with Crippen molar-refractivity contribution in [2.45, 2.75) is 38.4 Å². The molecule has 18 heavy (non-hydrogen) atoms. The Morgan fingerprint density at radius 1 is 1.28 bits per heavy atom. The Hall–Kier alpha value is -0.900. The highest BCUT2D eigenvalue weighted by molar-refractivity contribution is 5.20. The maximum Gasteiger partial charge on any atom is 0.0645 e. The monoisotopic (exact) mass is 248 g/mol. The van der Waals surface area contributed by atoms with Gasteiger partial charge < -0.3 is 10.5 Å². The summed E-state index contributed by atoms with van der Waals surface area (Å²) >= 11 is 0. The lowest BCUT2D eigenvalue weighted by Crippen LogP contribution is -2.58. The number of nitrogens with two attached hydrogens (primary N) is 1. The van der Waals surface area contributed by atoms with Gasteiger partial charge in [-0.05, 0) is 26.3 Å². The lowest BCUT2D eigenvalue weighted by molar-refractivity contribution is -0.0730. The summed E-state index contributed by atoms with van der Waals surface area (Å²) in [5.74, 6) is 0. The van der Waals surface area contributed by atoms with Gasteiger partial charge >= 0.3 is 0 Å². The van der Waals surface area contributed by atoms with Crippen LogP contribution in [0.15, 0.2) is 30.3 Å². The zero-order valence-electron chi connectivity index (χ0n) is 11.6. The van der Waals surface area contributed by atoms with Gasteiger partial charge in [-0.3, -0.25) is 4.90 Å². The van der Waals surface area contributed by atoms with Crippen molar-refractivity contribution in [3.63, 3.8) is 0 Å². The molecular weight excluding hydrogens is 224 g/mol. The van der Waals surface area contributed by atoms with Crippen LogP contribution in [-0.2, 0) is 4.74 Å². The van der Waals surface area contributed by atoms with E-state index in [-0.39, 0.29) is 11.6 Å². The van der Waals surface area contributed by atoms with Gasteiger partial charge in [0.2, 0.25) is 0 Å². The van der Waals surface area contributed by atoms with Crippen LogP contribution < -0.4 is 5.73 Å². The van der Waals surface area contributed by atoms with E-state index >= 15 is 0 Å². The fraction of sp³-hybridized carbons (Fsp3) is 0.600. The Bertz CT molecular complexity index is 377. The van der Waals surface area contributed by atoms with Crippen LogP contribution >= 0.6 is 0 Å². The minimum atomic E-state index is 0.0450. The molecule has 1 aromatic carbocycles. The highest BCUT2D eigenvalue weighted by Crippen LogP contribution is 2.27. The predicted octanol–water partition coefficient (Wildman–Crippen LogP) is 2.19. The van der Waals surface area contributed by atoms with Crippen molar-refractivity contribution < 1.29 is 4.74 Å². The first-order valence-corrected chi connectivity index (χ1v) is 6.67. The maximum absolute atomic E-state index is 6.41. The second kappa shape index (κ2) is 5.39. The Morgan fingerprint density at radius 3 is 2.56 bits per heavy atom. The molecule has 100 valence electrons. The summed E-state index contributed by atoms with van der Waals surface area (Å²) in [5, 5.41) is 0. The first kappa shape index (κ1) is 13.5. The molecule has 1 aliphatic rings. The zero-order valence-corrected chi connectivity index (χ0v) is 11.6. The molecule has 0 radical (unpaired) electrons. The van der Waals surface area contributed by atoms with Crippen LogP contribution in [0.5, 0.6) is 0 Å². The van der Waals surface area contributed by atoms with Gasteiger partial charge in [0.15, 0.2) is 0 Å². The van der Waals surface area contributed by atoms with E-state index in [2.05, 4.69) is 37.8 Å². The van der Waals surface area contributed by atoms with E-state index in [4.69, 9.17) is 10.5 Å². The molecule has 0 spiro atoms. The third kappa shape index (κ3) is 2.74. The molecule has 1 heterocycles. The molecule has 1 saturated heterocycles. The Morgan fingerprint density at radius 2 is 1.94 bits per heavy atom. The van der Waals surface area contributed by atoms with Crippen LogP contribution in [0.2, 0.25) is 0 Å². The molecule has 0 aliphatic carbocycles. The average Bonchev–Trinajstić information content (AvgIpc) is 2.37. The van der Waals surface area contributed by atoms with E-state index in [1.807, 2.05) is 18.2 Å². The molecule has 2 unspecified atom stereocenters. The summed E-state index contributed by atoms with van der Waals surface area (Å²) in [7, 11) is 0. The quantitative estimate of drug-likeness (QED) is 0.891. The van der Waals surface area contributed by atoms with Crippen LogP contribution in [-0.4, -0.2) is 36.2 Å². The SMILES string of the molecule is CC(C(N)c1ccccc1)N1CCOCC1(C)C. The van der Waals surface area contributed by atoms with E-state index in [0.29, 0.717) is 6.04 Å². The van der Waals surface area contributed by atoms with Crippen molar-refractivity contribution in [1.29, 1.82) is 0 Å². The number of rotatable bonds is 3. The molecule has 0 saturated carbocycles. The largest absolute Gasteiger partial charge is 0.378 e. The first-order valence-electron chi connectivity index (χ1n) is 6.67. The summed E-state index contributed by atoms with van der Waals surface area (Å²) in [6, 6.07) is 10.7. The molecule has 2 atom stereocenters. The molecule has 1 aromatic rings. The molecule has 0 amide bonds. The molecular formula is C15H24N2O. The lowest BCUT2D eigenvalue weighted by Gasteiger charge is -2.47. The van der Waals surface area contributed by atoms with E-state index in [0.717, 1.165) is 19.8 Å². The maximum atomic E-state index is 6.41. The fourth-order valence-electron chi connectivity index (χ4n) is 2.77. The van der Waals surface area contributed by atoms with Crippen molar-refractivity contribution in [2.24, 2.45) is 5.73 Å². The average molecular weight is 248 g/mol. The number of morpholine rings is 1. The van der Waals surface area contributed by atoms with Crippen molar-refractivity contribution in [3.05, 3.63) is 35.9 Å². The summed E-state index contributed by atoms with van der Waals surface area (Å²) < 4.78 is 5.57. The molecule has 3 heteroatoms. The second-order valence-electron chi connectivity index (χ2n) is 5.74. The topological polar surface area (TPSA) is 38.5 Å². The van der Waals surface area contributed by atoms with Crippen molar-refractivity contribution in [3.8, 4) is 0 Å². The smallest absolute Gasteiger partial charge is 0.0645 e. The van der Waals surface area contributed by atoms with Gasteiger partial charge in [-0.15, -0.1) is 0 Å². The van der Waals surface area contributed by atoms with Gasteiger partial charge in [0.1, 0.15) is 0 Å². The molecule has 2 N–H and O–H groups in total. The number of ether oxygens (including phenoxy) is 1. The highest BCUT2D eigenvalue weighted by Gasteiger charge is 2.36. The second-order valence-corrected chi connectivity index (χ2v) is 5.74. The number of hydrogen-bond acceptors (Lipinski definition) is 3. The van der Waals surface area contributed by atoms with Crippen molar-refractivity contribution in [1.82, 2.24) is 4.90 Å². The Labute approximate surface area is 110 Å². The Balaban J connectivity index is 2.13. The molecule has 0 aromatic heterocycles. The molecule has 1 fully saturated rings. The molecule has 1 aliphatic heterocycles. The summed E-state index contributed by atoms with van der Waals surface area (Å²) in [4.78, 5) is 2.47. The number of benzene rings is 1. The summed E-state index contributed by atoms with van der Waals surface area (Å²) in [5.41, 5.74) is 7.67. The zero-order chi connectivity index (χ0) is 13.2. The van der Waals surface area contributed by atoms with Crippen LogP contribution in [0.25, 0.3) is 0 Å². The minimum Gasteiger partial charge on any atom is -0.378 e. The first-order chi connectivity index (χ1) is 8.52. The van der Waals surface area contributed by atoms with Gasteiger partial charge in [0, 0.05) is 24.2 Å². The van der Waals surface area contributed by atoms with E-state index in [1.54, 1.807) is 0 Å². The lowest BCUT2D eigenvalue weighted by atomic mass is 9.94. The standard InChI is InChI=1S/C15H24N2O/c1-12(14(16)13-7-5-4-6-8-13)17-9-10-18-11-15(17,2)3/h4-8,12,14H,9-11,16H2,1-3H3. The number of nitrogens with zero attached hydrogens (tertiary/aromatic N) is 1. The Kier molecular flexibility index (Phi) is 4.05. The normalized spacial score (nSPS) is 23.6. The van der Waals surface area contributed by atoms with E-state index in [1.165, 1.54) is 5.56 Å². The van der Waals surface area contributed by atoms with Crippen LogP contribution in [0.4, 0.5) is 0 Å². The van der Waals surface area contributed by atoms with Crippen LogP contribution in [0.3, 0.4) is 0 Å². The molecule has 0 bridgehead atoms. The van der Waals surface area contributed by atoms with E-state index < -0.39 is 0 Å². The summed E-state index contributed by atoms with van der Waals surface area (Å²) in [6.07, 6.45) is 0. The molecule has 3 nitrogen and oxygen atoms in total. The number of hydrogen-bond donors (Lipinski definition) is 1. The van der Waals surface area contributed by atoms with Gasteiger partial charge in [-0.1, -0.05) is 30.3 Å². The summed E-state index contributed by atoms with van der Waals surface area (Å²) in [6.45, 7) is 9.19. The molecule has 2 rings (SSSR count). The van der Waals surface area contributed by atoms with Crippen molar-refractivity contribution >= 4 is 0 Å². The van der Waals surface area contributed by atoms with Crippen molar-refractivity contribution in [2.75, 3.05) is 19.8 Å². The van der Waals surface area contributed by atoms with Gasteiger partial charge in [0.05, 0.1) is 13.2 Å². The van der Waals surface area contributed by atoms with Gasteiger partial charge in [0.25, 0.3) is 0 Å². The minimum absolute atomic E-state index is 0.0450. The predicted molar refractivity (Wildman–Crippen MR) is 74.4 cm³/mol. The van der Waals surface area contributed by atoms with E-state index in [9.17, 15) is 0 Å². The van der Waals surface area contributed by atoms with Crippen LogP contribution in [0, 0.1) is 0 Å². The van der Waals surface area contributed by atoms with Crippen LogP contribution in [0.1, 0.15) is 32.4 Å². The highest BCUT2D eigenvalue weighted by atomic mass is 16.5. The van der Waals surface area contributed by atoms with Gasteiger partial charge in [-0.2, -0.15) is 0 Å². The van der Waals surface area contributed by atoms with Gasteiger partial charge in [-0.25, -0.2) is 0 Å². The fourth-order valence-corrected chi connectivity index (χ4v) is 2.77. The third-order valence-electron chi connectivity index (χ3n) is 3.91.